The Balaban J connectivity index is 1.49. The highest BCUT2D eigenvalue weighted by Gasteiger charge is 2.41. The molecular weight excluding hydrogens is 500 g/mol. The molecule has 2 fully saturated rings. The zero-order chi connectivity index (χ0) is 26.5. The van der Waals surface area contributed by atoms with E-state index in [0.29, 0.717) is 36.6 Å². The minimum absolute atomic E-state index is 0.0809. The summed E-state index contributed by atoms with van der Waals surface area (Å²) in [6.07, 6.45) is 3.11. The van der Waals surface area contributed by atoms with Gasteiger partial charge in [-0.15, -0.1) is 0 Å². The molecule has 0 spiro atoms. The van der Waals surface area contributed by atoms with E-state index in [1.54, 1.807) is 39.6 Å². The van der Waals surface area contributed by atoms with Gasteiger partial charge < -0.3 is 19.1 Å². The molecule has 2 unspecified atom stereocenters. The van der Waals surface area contributed by atoms with Crippen LogP contribution < -0.4 is 14.9 Å². The third-order valence-electron chi connectivity index (χ3n) is 7.09. The maximum Gasteiger partial charge on any atom is 0.461 e. The molecule has 2 atom stereocenters. The SMILES string of the molecule is COP(=O)(Oc1ccccc1)N1CCN(c2cc3c(c(C)c2F)c(=O)c(C(=O)O)cn3C2CC2)CC1C. The number of rotatable bonds is 7. The summed E-state index contributed by atoms with van der Waals surface area (Å²) in [6, 6.07) is 10.2. The summed E-state index contributed by atoms with van der Waals surface area (Å²) in [7, 11) is -2.31. The summed E-state index contributed by atoms with van der Waals surface area (Å²) in [4.78, 5) is 26.5. The van der Waals surface area contributed by atoms with Gasteiger partial charge in [0.05, 0.1) is 16.6 Å². The molecule has 5 rings (SSSR count). The first kappa shape index (κ1) is 25.4. The van der Waals surface area contributed by atoms with Crippen LogP contribution in [0.2, 0.25) is 0 Å². The topological polar surface area (TPSA) is 101 Å². The van der Waals surface area contributed by atoms with Gasteiger partial charge in [-0.25, -0.2) is 13.8 Å². The van der Waals surface area contributed by atoms with Crippen molar-refractivity contribution in [2.24, 2.45) is 0 Å². The number of carboxylic acids is 1. The first-order chi connectivity index (χ1) is 17.6. The maximum absolute atomic E-state index is 15.7. The Kier molecular flexibility index (Phi) is 6.60. The fraction of sp³-hybridized carbons (Fsp3) is 0.385. The summed E-state index contributed by atoms with van der Waals surface area (Å²) < 4.78 is 43.9. The number of fused-ring (bicyclic) bond motifs is 1. The van der Waals surface area contributed by atoms with Crippen molar-refractivity contribution < 1.29 is 27.9 Å². The van der Waals surface area contributed by atoms with Gasteiger partial charge in [-0.2, -0.15) is 4.67 Å². The van der Waals surface area contributed by atoms with E-state index >= 15 is 4.39 Å². The van der Waals surface area contributed by atoms with Gasteiger partial charge in [-0.05, 0) is 44.9 Å². The normalized spacial score (nSPS) is 20.1. The molecular formula is C26H29FN3O6P. The van der Waals surface area contributed by atoms with Crippen molar-refractivity contribution in [1.29, 1.82) is 0 Å². The molecule has 0 amide bonds. The zero-order valence-corrected chi connectivity index (χ0v) is 21.8. The average molecular weight is 530 g/mol. The number of hydrogen-bond acceptors (Lipinski definition) is 6. The van der Waals surface area contributed by atoms with Gasteiger partial charge in [0.15, 0.2) is 0 Å². The molecule has 1 aliphatic carbocycles. The molecule has 2 aliphatic rings. The van der Waals surface area contributed by atoms with E-state index in [2.05, 4.69) is 0 Å². The Labute approximate surface area is 213 Å². The van der Waals surface area contributed by atoms with Crippen LogP contribution in [0.1, 0.15) is 41.7 Å². The number of piperazine rings is 1. The number of benzene rings is 2. The van der Waals surface area contributed by atoms with Crippen LogP contribution in [0.15, 0.2) is 47.4 Å². The lowest BCUT2D eigenvalue weighted by Crippen LogP contribution is -2.51. The monoisotopic (exact) mass is 529 g/mol. The molecule has 196 valence electrons. The fourth-order valence-corrected chi connectivity index (χ4v) is 6.70. The highest BCUT2D eigenvalue weighted by molar-refractivity contribution is 7.51. The number of carboxylic acid groups (broad SMARTS) is 1. The molecule has 0 bridgehead atoms. The molecule has 1 aliphatic heterocycles. The van der Waals surface area contributed by atoms with Crippen molar-refractivity contribution in [2.75, 3.05) is 31.6 Å². The number of aromatic nitrogens is 1. The first-order valence-corrected chi connectivity index (χ1v) is 13.7. The molecule has 37 heavy (non-hydrogen) atoms. The van der Waals surface area contributed by atoms with Gasteiger partial charge in [-0.3, -0.25) is 9.32 Å². The Morgan fingerprint density at radius 1 is 1.19 bits per heavy atom. The minimum atomic E-state index is -3.65. The van der Waals surface area contributed by atoms with Gasteiger partial charge >= 0.3 is 13.7 Å². The summed E-state index contributed by atoms with van der Waals surface area (Å²) in [5.41, 5.74) is -0.0635. The zero-order valence-electron chi connectivity index (χ0n) is 20.9. The largest absolute Gasteiger partial charge is 0.477 e. The van der Waals surface area contributed by atoms with E-state index in [-0.39, 0.29) is 28.6 Å². The van der Waals surface area contributed by atoms with E-state index in [9.17, 15) is 19.3 Å². The summed E-state index contributed by atoms with van der Waals surface area (Å²) in [5.74, 6) is -1.46. The van der Waals surface area contributed by atoms with Gasteiger partial charge in [0.2, 0.25) is 5.43 Å². The van der Waals surface area contributed by atoms with Crippen LogP contribution >= 0.6 is 7.75 Å². The van der Waals surface area contributed by atoms with Crippen molar-refractivity contribution in [3.63, 3.8) is 0 Å². The van der Waals surface area contributed by atoms with Gasteiger partial charge in [-0.1, -0.05) is 18.2 Å². The summed E-state index contributed by atoms with van der Waals surface area (Å²) in [6.45, 7) is 4.37. The van der Waals surface area contributed by atoms with E-state index in [1.807, 2.05) is 17.9 Å². The van der Waals surface area contributed by atoms with E-state index in [4.69, 9.17) is 9.05 Å². The van der Waals surface area contributed by atoms with Crippen LogP contribution in [-0.4, -0.2) is 53.1 Å². The number of aromatic carboxylic acids is 1. The summed E-state index contributed by atoms with van der Waals surface area (Å²) in [5, 5.41) is 9.64. The van der Waals surface area contributed by atoms with Gasteiger partial charge in [0, 0.05) is 50.6 Å². The molecule has 9 nitrogen and oxygen atoms in total. The first-order valence-electron chi connectivity index (χ1n) is 12.2. The Hall–Kier alpha value is -3.20. The standard InChI is InChI=1S/C26H29FN3O6P/c1-16-14-28(11-12-30(16)37(34,35-3)36-19-7-5-4-6-8-19)22-13-21-23(17(2)24(22)27)25(31)20(26(32)33)15-29(21)18-9-10-18/h4-8,13,15-16,18H,9-12,14H2,1-3H3,(H,32,33). The fourth-order valence-electron chi connectivity index (χ4n) is 5.03. The predicted octanol–water partition coefficient (Wildman–Crippen LogP) is 4.83. The van der Waals surface area contributed by atoms with Gasteiger partial charge in [0.1, 0.15) is 17.1 Å². The van der Waals surface area contributed by atoms with Crippen molar-refractivity contribution in [3.8, 4) is 5.75 Å². The van der Waals surface area contributed by atoms with Crippen LogP contribution in [-0.2, 0) is 9.09 Å². The molecule has 11 heteroatoms. The minimum Gasteiger partial charge on any atom is -0.477 e. The number of anilines is 1. The number of pyridine rings is 1. The lowest BCUT2D eigenvalue weighted by atomic mass is 10.0. The number of halogens is 1. The van der Waals surface area contributed by atoms with Crippen molar-refractivity contribution in [1.82, 2.24) is 9.24 Å². The Morgan fingerprint density at radius 2 is 1.89 bits per heavy atom. The molecule has 2 heterocycles. The molecule has 1 aromatic heterocycles. The van der Waals surface area contributed by atoms with E-state index < -0.39 is 25.0 Å². The molecule has 1 N–H and O–H groups in total. The lowest BCUT2D eigenvalue weighted by Gasteiger charge is -2.42. The molecule has 3 aromatic rings. The van der Waals surface area contributed by atoms with Crippen molar-refractivity contribution in [2.45, 2.75) is 38.8 Å². The number of hydrogen-bond donors (Lipinski definition) is 1. The number of aryl methyl sites for hydroxylation is 1. The van der Waals surface area contributed by atoms with Crippen LogP contribution in [0.25, 0.3) is 10.9 Å². The maximum atomic E-state index is 15.7. The smallest absolute Gasteiger partial charge is 0.461 e. The third-order valence-corrected chi connectivity index (χ3v) is 9.22. The molecule has 1 saturated heterocycles. The average Bonchev–Trinajstić information content (AvgIpc) is 3.71. The number of carbonyl (C=O) groups is 1. The quantitative estimate of drug-likeness (QED) is 0.435. The summed E-state index contributed by atoms with van der Waals surface area (Å²) >= 11 is 0. The molecule has 0 radical (unpaired) electrons. The number of para-hydroxylation sites is 1. The number of nitrogens with zero attached hydrogens (tertiary/aromatic N) is 3. The van der Waals surface area contributed by atoms with E-state index in [1.165, 1.54) is 20.2 Å². The molecule has 1 saturated carbocycles. The highest BCUT2D eigenvalue weighted by atomic mass is 31.2. The Bertz CT molecular complexity index is 1470. The second-order valence-electron chi connectivity index (χ2n) is 9.56. The Morgan fingerprint density at radius 3 is 2.49 bits per heavy atom. The second kappa shape index (κ2) is 9.59. The van der Waals surface area contributed by atoms with Crippen molar-refractivity contribution >= 4 is 30.3 Å². The second-order valence-corrected chi connectivity index (χ2v) is 11.6. The van der Waals surface area contributed by atoms with Crippen LogP contribution in [0.5, 0.6) is 5.75 Å². The van der Waals surface area contributed by atoms with E-state index in [0.717, 1.165) is 12.8 Å². The molecule has 2 aromatic carbocycles. The lowest BCUT2D eigenvalue weighted by molar-refractivity contribution is 0.0694. The van der Waals surface area contributed by atoms with Gasteiger partial charge in [0.25, 0.3) is 0 Å². The van der Waals surface area contributed by atoms with Crippen molar-refractivity contribution in [3.05, 3.63) is 69.8 Å². The van der Waals surface area contributed by atoms with Crippen LogP contribution in [0, 0.1) is 12.7 Å². The third kappa shape index (κ3) is 4.54. The van der Waals surface area contributed by atoms with Crippen LogP contribution in [0.3, 0.4) is 0 Å². The predicted molar refractivity (Wildman–Crippen MR) is 138 cm³/mol. The van der Waals surface area contributed by atoms with Crippen LogP contribution in [0.4, 0.5) is 10.1 Å². The highest BCUT2D eigenvalue weighted by Crippen LogP contribution is 2.53.